The molecule has 0 unspecified atom stereocenters. The molecule has 0 bridgehead atoms. The van der Waals surface area contributed by atoms with Crippen molar-refractivity contribution in [2.45, 2.75) is 64.7 Å². The molecule has 1 amide bonds. The number of carbonyl (C=O) groups is 1. The second kappa shape index (κ2) is 9.53. The van der Waals surface area contributed by atoms with E-state index in [0.29, 0.717) is 30.0 Å². The van der Waals surface area contributed by atoms with Crippen LogP contribution >= 0.6 is 0 Å². The van der Waals surface area contributed by atoms with Gasteiger partial charge in [-0.1, -0.05) is 20.3 Å². The number of nitrogens with one attached hydrogen (secondary N) is 1. The van der Waals surface area contributed by atoms with Crippen LogP contribution in [0.4, 0.5) is 29.6 Å². The summed E-state index contributed by atoms with van der Waals surface area (Å²) >= 11 is 0. The first-order chi connectivity index (χ1) is 14.8. The number of carbonyl (C=O) groups excluding carboxylic acids is 1. The molecule has 0 saturated heterocycles. The molecule has 0 fully saturated rings. The van der Waals surface area contributed by atoms with Crippen LogP contribution in [0, 0.1) is 0 Å². The predicted molar refractivity (Wildman–Crippen MR) is 112 cm³/mol. The zero-order valence-corrected chi connectivity index (χ0v) is 17.9. The van der Waals surface area contributed by atoms with Crippen LogP contribution in [0.25, 0.3) is 0 Å². The minimum atomic E-state index is -4.49. The van der Waals surface area contributed by atoms with Gasteiger partial charge in [0.25, 0.3) is 0 Å². The van der Waals surface area contributed by atoms with Crippen molar-refractivity contribution in [1.29, 1.82) is 0 Å². The Hall–Kier alpha value is -2.84. The molecule has 0 saturated carbocycles. The molecule has 1 aromatic heterocycles. The highest BCUT2D eigenvalue weighted by Crippen LogP contribution is 2.42. The Morgan fingerprint density at radius 1 is 1.23 bits per heavy atom. The lowest BCUT2D eigenvalue weighted by molar-refractivity contribution is -0.137. The number of rotatable bonds is 6. The summed E-state index contributed by atoms with van der Waals surface area (Å²) in [6.45, 7) is 5.87. The molecule has 31 heavy (non-hydrogen) atoms. The average Bonchev–Trinajstić information content (AvgIpc) is 2.74. The number of benzene rings is 1. The van der Waals surface area contributed by atoms with Gasteiger partial charge in [0.05, 0.1) is 23.9 Å². The van der Waals surface area contributed by atoms with E-state index in [1.54, 1.807) is 19.3 Å². The quantitative estimate of drug-likeness (QED) is 0.625. The van der Waals surface area contributed by atoms with E-state index in [4.69, 9.17) is 4.74 Å². The summed E-state index contributed by atoms with van der Waals surface area (Å²) in [6, 6.07) is 2.72. The topological polar surface area (TPSA) is 67.4 Å². The lowest BCUT2D eigenvalue weighted by Crippen LogP contribution is -2.46. The zero-order valence-electron chi connectivity index (χ0n) is 17.9. The highest BCUT2D eigenvalue weighted by Gasteiger charge is 2.39. The van der Waals surface area contributed by atoms with E-state index in [0.717, 1.165) is 30.5 Å². The van der Waals surface area contributed by atoms with Gasteiger partial charge in [-0.05, 0) is 55.5 Å². The fourth-order valence-corrected chi connectivity index (χ4v) is 3.86. The van der Waals surface area contributed by atoms with E-state index in [1.807, 2.05) is 6.92 Å². The maximum absolute atomic E-state index is 13.4. The Labute approximate surface area is 179 Å². The van der Waals surface area contributed by atoms with E-state index < -0.39 is 23.9 Å². The average molecular weight is 436 g/mol. The highest BCUT2D eigenvalue weighted by atomic mass is 19.4. The molecule has 1 N–H and O–H groups in total. The molecule has 168 valence electrons. The number of halogens is 3. The van der Waals surface area contributed by atoms with Crippen molar-refractivity contribution in [3.05, 3.63) is 47.3 Å². The first-order valence-electron chi connectivity index (χ1n) is 10.5. The molecule has 1 aromatic carbocycles. The second-order valence-corrected chi connectivity index (χ2v) is 7.50. The fraction of sp³-hybridized carbons (Fsp3) is 0.500. The van der Waals surface area contributed by atoms with Gasteiger partial charge < -0.3 is 10.1 Å². The Morgan fingerprint density at radius 3 is 2.52 bits per heavy atom. The Bertz CT molecular complexity index is 903. The lowest BCUT2D eigenvalue weighted by Gasteiger charge is -2.40. The van der Waals surface area contributed by atoms with Gasteiger partial charge in [-0.25, -0.2) is 14.8 Å². The molecule has 3 rings (SSSR count). The summed E-state index contributed by atoms with van der Waals surface area (Å²) in [5.41, 5.74) is 1.01. The van der Waals surface area contributed by atoms with Gasteiger partial charge in [-0.15, -0.1) is 0 Å². The molecular formula is C22H27F3N4O2. The number of amides is 1. The molecular weight excluding hydrogens is 409 g/mol. The number of hydrogen-bond donors (Lipinski definition) is 1. The van der Waals surface area contributed by atoms with Crippen LogP contribution < -0.4 is 10.2 Å². The van der Waals surface area contributed by atoms with Crippen LogP contribution in [0.15, 0.2) is 30.6 Å². The monoisotopic (exact) mass is 436 g/mol. The minimum absolute atomic E-state index is 0.182. The summed E-state index contributed by atoms with van der Waals surface area (Å²) in [5.74, 6) is 0.340. The SMILES string of the molecule is CCCc1cnc(N[C@H]2C[C@@H](CC)N(C(=O)OCC)c3ccc(C(F)(F)F)cc32)nc1. The number of fused-ring (bicyclic) bond motifs is 1. The van der Waals surface area contributed by atoms with Gasteiger partial charge in [0, 0.05) is 18.4 Å². The molecule has 0 radical (unpaired) electrons. The third-order valence-corrected chi connectivity index (χ3v) is 5.35. The standard InChI is InChI=1S/C22H27F3N4O2/c1-4-7-14-12-26-20(27-13-14)28-18-11-16(5-2)29(21(30)31-6-3)19-9-8-15(10-17(18)19)22(23,24)25/h8-10,12-13,16,18H,4-7,11H2,1-3H3,(H,26,27,28)/t16-,18+/m1/s1. The molecule has 1 aliphatic heterocycles. The molecule has 2 atom stereocenters. The van der Waals surface area contributed by atoms with E-state index >= 15 is 0 Å². The van der Waals surface area contributed by atoms with Crippen LogP contribution in [-0.4, -0.2) is 28.7 Å². The van der Waals surface area contributed by atoms with Crippen molar-refractivity contribution in [1.82, 2.24) is 9.97 Å². The molecule has 0 aliphatic carbocycles. The summed E-state index contributed by atoms with van der Waals surface area (Å²) in [5, 5.41) is 3.17. The van der Waals surface area contributed by atoms with Crippen molar-refractivity contribution >= 4 is 17.7 Å². The third kappa shape index (κ3) is 5.08. The first-order valence-corrected chi connectivity index (χ1v) is 10.5. The minimum Gasteiger partial charge on any atom is -0.449 e. The molecule has 1 aliphatic rings. The molecule has 0 spiro atoms. The largest absolute Gasteiger partial charge is 0.449 e. The molecule has 6 nitrogen and oxygen atoms in total. The number of aryl methyl sites for hydroxylation is 1. The van der Waals surface area contributed by atoms with Gasteiger partial charge in [0.2, 0.25) is 5.95 Å². The first kappa shape index (κ1) is 22.8. The summed E-state index contributed by atoms with van der Waals surface area (Å²) in [7, 11) is 0. The maximum Gasteiger partial charge on any atom is 0.416 e. The maximum atomic E-state index is 13.4. The Kier molecular flexibility index (Phi) is 7.02. The number of nitrogens with zero attached hydrogens (tertiary/aromatic N) is 3. The van der Waals surface area contributed by atoms with Crippen molar-refractivity contribution in [3.63, 3.8) is 0 Å². The van der Waals surface area contributed by atoms with Gasteiger partial charge in [-0.2, -0.15) is 13.2 Å². The number of ether oxygens (including phenoxy) is 1. The Balaban J connectivity index is 2.01. The van der Waals surface area contributed by atoms with Crippen molar-refractivity contribution < 1.29 is 22.7 Å². The number of anilines is 2. The van der Waals surface area contributed by atoms with Gasteiger partial charge in [-0.3, -0.25) is 4.90 Å². The second-order valence-electron chi connectivity index (χ2n) is 7.50. The summed E-state index contributed by atoms with van der Waals surface area (Å²) in [6.07, 6.45) is 1.23. The molecule has 2 heterocycles. The summed E-state index contributed by atoms with van der Waals surface area (Å²) < 4.78 is 45.4. The van der Waals surface area contributed by atoms with Crippen LogP contribution in [0.2, 0.25) is 0 Å². The van der Waals surface area contributed by atoms with Crippen LogP contribution in [0.1, 0.15) is 62.8 Å². The van der Waals surface area contributed by atoms with Gasteiger partial charge in [0.1, 0.15) is 0 Å². The van der Waals surface area contributed by atoms with Gasteiger partial charge >= 0.3 is 12.3 Å². The number of hydrogen-bond acceptors (Lipinski definition) is 5. The van der Waals surface area contributed by atoms with Gasteiger partial charge in [0.15, 0.2) is 0 Å². The highest BCUT2D eigenvalue weighted by molar-refractivity contribution is 5.90. The zero-order chi connectivity index (χ0) is 22.6. The van der Waals surface area contributed by atoms with Crippen molar-refractivity contribution in [3.8, 4) is 0 Å². The van der Waals surface area contributed by atoms with Crippen molar-refractivity contribution in [2.75, 3.05) is 16.8 Å². The smallest absolute Gasteiger partial charge is 0.416 e. The summed E-state index contributed by atoms with van der Waals surface area (Å²) in [4.78, 5) is 22.7. The van der Waals surface area contributed by atoms with Crippen LogP contribution in [0.5, 0.6) is 0 Å². The van der Waals surface area contributed by atoms with Crippen LogP contribution in [-0.2, 0) is 17.3 Å². The molecule has 2 aromatic rings. The van der Waals surface area contributed by atoms with E-state index in [9.17, 15) is 18.0 Å². The van der Waals surface area contributed by atoms with Crippen molar-refractivity contribution in [2.24, 2.45) is 0 Å². The number of aromatic nitrogens is 2. The Morgan fingerprint density at radius 2 is 1.94 bits per heavy atom. The lowest BCUT2D eigenvalue weighted by atomic mass is 9.89. The molecule has 9 heteroatoms. The third-order valence-electron chi connectivity index (χ3n) is 5.35. The van der Waals surface area contributed by atoms with E-state index in [2.05, 4.69) is 22.2 Å². The normalized spacial score (nSPS) is 18.5. The van der Waals surface area contributed by atoms with Crippen LogP contribution in [0.3, 0.4) is 0 Å². The predicted octanol–water partition coefficient (Wildman–Crippen LogP) is 5.75. The fourth-order valence-electron chi connectivity index (χ4n) is 3.86. The van der Waals surface area contributed by atoms with E-state index in [1.165, 1.54) is 11.0 Å². The number of alkyl halides is 3. The van der Waals surface area contributed by atoms with E-state index in [-0.39, 0.29) is 12.6 Å².